The smallest absolute Gasteiger partial charge is 0.0654 e. The summed E-state index contributed by atoms with van der Waals surface area (Å²) in [6.07, 6.45) is 83.6. The molecule has 1 aliphatic heterocycles. The van der Waals surface area contributed by atoms with E-state index in [1.807, 2.05) is 0 Å². The van der Waals surface area contributed by atoms with Gasteiger partial charge in [0.15, 0.2) is 0 Å². The molecule has 83 heavy (non-hydrogen) atoms. The molecule has 2 aromatic rings. The van der Waals surface area contributed by atoms with Gasteiger partial charge in [-0.2, -0.15) is 0 Å². The number of allylic oxidation sites excluding steroid dienone is 2. The summed E-state index contributed by atoms with van der Waals surface area (Å²) >= 11 is 2.05. The Morgan fingerprint density at radius 2 is 0.542 bits per heavy atom. The number of rotatable bonds is 61. The molecule has 0 radical (unpaired) electrons. The van der Waals surface area contributed by atoms with Crippen LogP contribution in [0.15, 0.2) is 60.2 Å². The average molecular weight is 1190 g/mol. The van der Waals surface area contributed by atoms with E-state index in [0.29, 0.717) is 0 Å². The standard InChI is InChI=1S/C28H36N2.2C26H53.Ni/c1-4-7-12-22-14-10-17-24(19-22)27-21-26(16-9-6-3)28(30(27)29)25-18-11-15-23(20-25)13-8-5-2;2*1-3-5-7-9-11-13-15-17-19-21-23-25-26-24-22-20-18-16-14-12-10-8-6-4-2;/h10-11,14-15,17-21H,4-9,12-13,16H2,1-3H3;2*1,3-26H2,2H3;. The molecule has 0 N–H and O–H groups in total. The van der Waals surface area contributed by atoms with Crippen molar-refractivity contribution in [2.45, 2.75) is 411 Å². The minimum absolute atomic E-state index is 0.897. The van der Waals surface area contributed by atoms with Crippen molar-refractivity contribution in [3.63, 3.8) is 0 Å². The molecule has 0 bridgehead atoms. The van der Waals surface area contributed by atoms with E-state index in [-0.39, 0.29) is 0 Å². The Bertz CT molecular complexity index is 1720. The summed E-state index contributed by atoms with van der Waals surface area (Å²) < 4.78 is 1.43. The molecule has 2 nitrogen and oxygen atoms in total. The summed E-state index contributed by atoms with van der Waals surface area (Å²) in [5, 5.41) is 2.87. The van der Waals surface area contributed by atoms with Gasteiger partial charge in [0.1, 0.15) is 0 Å². The van der Waals surface area contributed by atoms with E-state index in [1.54, 1.807) is 0 Å². The third-order valence-corrected chi connectivity index (χ3v) is 19.5. The third-order valence-electron chi connectivity index (χ3n) is 18.1. The van der Waals surface area contributed by atoms with Gasteiger partial charge in [0, 0.05) is 22.8 Å². The Morgan fingerprint density at radius 3 is 0.843 bits per heavy atom. The van der Waals surface area contributed by atoms with Crippen molar-refractivity contribution in [2.75, 3.05) is 0 Å². The zero-order valence-corrected chi connectivity index (χ0v) is 57.6. The van der Waals surface area contributed by atoms with Gasteiger partial charge in [-0.25, -0.2) is 4.70 Å². The number of benzene rings is 2. The van der Waals surface area contributed by atoms with E-state index in [0.717, 1.165) is 54.6 Å². The molecular weight excluding hydrogens is 1050 g/mol. The van der Waals surface area contributed by atoms with Crippen molar-refractivity contribution >= 4 is 11.4 Å². The SMILES string of the molecule is CCCCC1=C(c2cccc(CCCC)c2)[N+](=[N-])C(c2cccc(CCCC)c2)=C1.CCCCCCCCCCCCCCCCCCCCCCCCC[CH2][Ni][CH2]CCCCCCCCCCCCCCCCCCCCCCCCC. The van der Waals surface area contributed by atoms with E-state index < -0.39 is 0 Å². The maximum atomic E-state index is 11.3. The van der Waals surface area contributed by atoms with Crippen molar-refractivity contribution in [1.82, 2.24) is 0 Å². The summed E-state index contributed by atoms with van der Waals surface area (Å²) in [4.78, 5) is 0. The average Bonchev–Trinajstić information content (AvgIpc) is 4.12. The van der Waals surface area contributed by atoms with Gasteiger partial charge in [0.25, 0.3) is 0 Å². The van der Waals surface area contributed by atoms with Crippen LogP contribution in [0.3, 0.4) is 0 Å². The van der Waals surface area contributed by atoms with Gasteiger partial charge < -0.3 is 5.53 Å². The molecule has 0 unspecified atom stereocenters. The Balaban J connectivity index is 0.000000654. The maximum absolute atomic E-state index is 11.3. The van der Waals surface area contributed by atoms with Crippen molar-refractivity contribution < 1.29 is 19.1 Å². The number of unbranched alkanes of at least 4 members (excludes halogenated alkanes) is 49. The summed E-state index contributed by atoms with van der Waals surface area (Å²) in [5.41, 5.74) is 19.3. The number of hydrogen-bond donors (Lipinski definition) is 0. The van der Waals surface area contributed by atoms with E-state index in [9.17, 15) is 5.53 Å². The van der Waals surface area contributed by atoms with Crippen LogP contribution in [0.5, 0.6) is 0 Å². The first-order valence-corrected chi connectivity index (χ1v) is 39.1. The van der Waals surface area contributed by atoms with Crippen LogP contribution in [0.4, 0.5) is 0 Å². The number of hydrogen-bond acceptors (Lipinski definition) is 0. The fourth-order valence-electron chi connectivity index (χ4n) is 12.5. The van der Waals surface area contributed by atoms with Crippen LogP contribution in [-0.4, -0.2) is 4.70 Å². The van der Waals surface area contributed by atoms with Gasteiger partial charge in [0.2, 0.25) is 11.4 Å². The molecule has 0 spiro atoms. The van der Waals surface area contributed by atoms with Crippen LogP contribution in [-0.2, 0) is 27.3 Å². The molecule has 1 heterocycles. The second kappa shape index (κ2) is 60.3. The van der Waals surface area contributed by atoms with Crippen LogP contribution in [0.1, 0.15) is 410 Å². The Morgan fingerprint density at radius 1 is 0.289 bits per heavy atom. The quantitative estimate of drug-likeness (QED) is 0.0358. The molecule has 0 atom stereocenters. The second-order valence-corrected chi connectivity index (χ2v) is 27.6. The molecule has 0 saturated carbocycles. The molecule has 3 rings (SSSR count). The molecular formula is C80H142N2Ni. The van der Waals surface area contributed by atoms with Gasteiger partial charge in [-0.15, -0.1) is 0 Å². The number of aryl methyl sites for hydroxylation is 2. The fraction of sp³-hybridized carbons (Fsp3) is 0.800. The van der Waals surface area contributed by atoms with E-state index in [1.165, 1.54) is 366 Å². The third kappa shape index (κ3) is 45.0. The molecule has 3 heteroatoms. The van der Waals surface area contributed by atoms with Crippen LogP contribution in [0.25, 0.3) is 16.9 Å². The molecule has 482 valence electrons. The molecule has 0 aromatic heterocycles. The van der Waals surface area contributed by atoms with Gasteiger partial charge in [-0.05, 0) is 73.9 Å². The summed E-state index contributed by atoms with van der Waals surface area (Å²) in [5.74, 6) is 0. The van der Waals surface area contributed by atoms with Crippen LogP contribution >= 0.6 is 0 Å². The first-order valence-electron chi connectivity index (χ1n) is 37.7. The topological polar surface area (TPSA) is 25.3 Å². The molecule has 2 aromatic carbocycles. The molecule has 0 fully saturated rings. The zero-order valence-electron chi connectivity index (χ0n) is 56.6. The minimum atomic E-state index is 0.897. The van der Waals surface area contributed by atoms with Crippen molar-refractivity contribution in [3.8, 4) is 0 Å². The fourth-order valence-corrected chi connectivity index (χ4v) is 13.7. The Kier molecular flexibility index (Phi) is 56.0. The predicted molar refractivity (Wildman–Crippen MR) is 371 cm³/mol. The zero-order chi connectivity index (χ0) is 59.4. The van der Waals surface area contributed by atoms with Crippen LogP contribution < -0.4 is 0 Å². The van der Waals surface area contributed by atoms with Gasteiger partial charge in [0.05, 0.1) is 0 Å². The monoisotopic (exact) mass is 1190 g/mol. The Labute approximate surface area is 526 Å². The van der Waals surface area contributed by atoms with Gasteiger partial charge in [-0.1, -0.05) is 245 Å². The van der Waals surface area contributed by atoms with Crippen LogP contribution in [0.2, 0.25) is 10.8 Å². The summed E-state index contributed by atoms with van der Waals surface area (Å²) in [6, 6.07) is 17.4. The first kappa shape index (κ1) is 77.1. The molecule has 1 aliphatic rings. The van der Waals surface area contributed by atoms with Gasteiger partial charge in [-0.3, -0.25) is 0 Å². The van der Waals surface area contributed by atoms with E-state index in [2.05, 4.69) is 104 Å². The number of nitrogens with zero attached hydrogens (tertiary/aromatic N) is 2. The molecule has 0 aliphatic carbocycles. The Hall–Kier alpha value is -1.99. The normalized spacial score (nSPS) is 12.5. The molecule has 0 amide bonds. The van der Waals surface area contributed by atoms with Gasteiger partial charge >= 0.3 is 166 Å². The predicted octanol–water partition coefficient (Wildman–Crippen LogP) is 29.0. The van der Waals surface area contributed by atoms with E-state index >= 15 is 0 Å². The summed E-state index contributed by atoms with van der Waals surface area (Å²) in [6.45, 7) is 11.3. The molecule has 0 saturated heterocycles. The summed E-state index contributed by atoms with van der Waals surface area (Å²) in [7, 11) is 0. The second-order valence-electron chi connectivity index (χ2n) is 26.2. The van der Waals surface area contributed by atoms with Crippen molar-refractivity contribution in [3.05, 3.63) is 88.0 Å². The first-order chi connectivity index (χ1) is 41.1. The van der Waals surface area contributed by atoms with E-state index in [4.69, 9.17) is 0 Å². The minimum Gasteiger partial charge on any atom is -0.0654 e. The van der Waals surface area contributed by atoms with Crippen molar-refractivity contribution in [2.24, 2.45) is 0 Å². The van der Waals surface area contributed by atoms with Crippen molar-refractivity contribution in [1.29, 1.82) is 0 Å². The van der Waals surface area contributed by atoms with Crippen LogP contribution in [0, 0.1) is 0 Å².